The normalized spacial score (nSPS) is 17.7. The SMILES string of the molecule is CN=CC=CC=CNCC(C)(C)N1CCN(CCc2ccccc2)CC1. The van der Waals surface area contributed by atoms with Gasteiger partial charge < -0.3 is 10.2 Å². The first kappa shape index (κ1) is 20.4. The highest BCUT2D eigenvalue weighted by molar-refractivity contribution is 5.71. The van der Waals surface area contributed by atoms with E-state index in [2.05, 4.69) is 64.3 Å². The molecule has 2 rings (SSSR count). The molecule has 142 valence electrons. The Morgan fingerprint density at radius 3 is 2.46 bits per heavy atom. The van der Waals surface area contributed by atoms with E-state index < -0.39 is 0 Å². The smallest absolute Gasteiger partial charge is 0.0326 e. The van der Waals surface area contributed by atoms with Crippen LogP contribution in [0.2, 0.25) is 0 Å². The molecule has 0 aromatic heterocycles. The predicted molar refractivity (Wildman–Crippen MR) is 113 cm³/mol. The molecule has 26 heavy (non-hydrogen) atoms. The zero-order chi connectivity index (χ0) is 18.7. The summed E-state index contributed by atoms with van der Waals surface area (Å²) in [4.78, 5) is 9.11. The van der Waals surface area contributed by atoms with Crippen LogP contribution in [0.15, 0.2) is 59.8 Å². The van der Waals surface area contributed by atoms with E-state index in [9.17, 15) is 0 Å². The fourth-order valence-electron chi connectivity index (χ4n) is 3.25. The molecule has 1 aromatic rings. The van der Waals surface area contributed by atoms with Crippen LogP contribution in [-0.4, -0.2) is 67.9 Å². The highest BCUT2D eigenvalue weighted by Crippen LogP contribution is 2.16. The molecule has 0 atom stereocenters. The lowest BCUT2D eigenvalue weighted by atomic mass is 10.0. The second kappa shape index (κ2) is 10.9. The molecule has 1 aliphatic rings. The van der Waals surface area contributed by atoms with E-state index in [1.807, 2.05) is 24.4 Å². The lowest BCUT2D eigenvalue weighted by Crippen LogP contribution is -2.57. The molecule has 1 aromatic carbocycles. The van der Waals surface area contributed by atoms with Crippen LogP contribution < -0.4 is 5.32 Å². The van der Waals surface area contributed by atoms with Crippen molar-refractivity contribution in [1.29, 1.82) is 0 Å². The van der Waals surface area contributed by atoms with E-state index in [4.69, 9.17) is 0 Å². The monoisotopic (exact) mass is 354 g/mol. The minimum Gasteiger partial charge on any atom is -0.389 e. The average molecular weight is 355 g/mol. The van der Waals surface area contributed by atoms with Crippen LogP contribution in [-0.2, 0) is 6.42 Å². The number of hydrogen-bond donors (Lipinski definition) is 1. The molecule has 0 saturated carbocycles. The van der Waals surface area contributed by atoms with E-state index in [1.54, 1.807) is 13.3 Å². The van der Waals surface area contributed by atoms with Crippen molar-refractivity contribution in [1.82, 2.24) is 15.1 Å². The Bertz CT molecular complexity index is 581. The van der Waals surface area contributed by atoms with Crippen LogP contribution in [0.25, 0.3) is 0 Å². The molecule has 0 radical (unpaired) electrons. The van der Waals surface area contributed by atoms with Crippen molar-refractivity contribution in [3.05, 3.63) is 60.3 Å². The van der Waals surface area contributed by atoms with Gasteiger partial charge in [0, 0.05) is 58.1 Å². The highest BCUT2D eigenvalue weighted by Gasteiger charge is 2.29. The summed E-state index contributed by atoms with van der Waals surface area (Å²) in [6, 6.07) is 10.8. The minimum atomic E-state index is 0.157. The van der Waals surface area contributed by atoms with Crippen molar-refractivity contribution >= 4 is 6.21 Å². The molecule has 1 aliphatic heterocycles. The Balaban J connectivity index is 1.68. The van der Waals surface area contributed by atoms with Crippen LogP contribution in [0.3, 0.4) is 0 Å². The number of aliphatic imine (C=N–C) groups is 1. The van der Waals surface area contributed by atoms with Gasteiger partial charge in [-0.1, -0.05) is 36.4 Å². The van der Waals surface area contributed by atoms with Gasteiger partial charge in [-0.05, 0) is 44.2 Å². The lowest BCUT2D eigenvalue weighted by Gasteiger charge is -2.44. The number of allylic oxidation sites excluding steroid dienone is 3. The van der Waals surface area contributed by atoms with Crippen LogP contribution in [0.4, 0.5) is 0 Å². The van der Waals surface area contributed by atoms with Crippen molar-refractivity contribution in [3.8, 4) is 0 Å². The second-order valence-electron chi connectivity index (χ2n) is 7.41. The lowest BCUT2D eigenvalue weighted by molar-refractivity contribution is 0.0543. The first-order valence-corrected chi connectivity index (χ1v) is 9.60. The molecule has 0 aliphatic carbocycles. The van der Waals surface area contributed by atoms with Gasteiger partial charge in [-0.25, -0.2) is 0 Å². The summed E-state index contributed by atoms with van der Waals surface area (Å²) < 4.78 is 0. The third-order valence-corrected chi connectivity index (χ3v) is 4.99. The van der Waals surface area contributed by atoms with Crippen molar-refractivity contribution < 1.29 is 0 Å². The Morgan fingerprint density at radius 2 is 1.77 bits per heavy atom. The van der Waals surface area contributed by atoms with E-state index >= 15 is 0 Å². The Morgan fingerprint density at radius 1 is 1.04 bits per heavy atom. The quantitative estimate of drug-likeness (QED) is 0.546. The van der Waals surface area contributed by atoms with Crippen LogP contribution >= 0.6 is 0 Å². The molecular formula is C22H34N4. The van der Waals surface area contributed by atoms with E-state index in [1.165, 1.54) is 5.56 Å². The Kier molecular flexibility index (Phi) is 8.59. The van der Waals surface area contributed by atoms with Gasteiger partial charge in [-0.3, -0.25) is 9.89 Å². The number of piperazine rings is 1. The molecule has 0 unspecified atom stereocenters. The van der Waals surface area contributed by atoms with Gasteiger partial charge in [0.05, 0.1) is 0 Å². The summed E-state index contributed by atoms with van der Waals surface area (Å²) in [5, 5.41) is 3.43. The van der Waals surface area contributed by atoms with E-state index in [0.29, 0.717) is 0 Å². The number of hydrogen-bond acceptors (Lipinski definition) is 4. The molecule has 1 fully saturated rings. The topological polar surface area (TPSA) is 30.9 Å². The van der Waals surface area contributed by atoms with Crippen molar-refractivity contribution in [3.63, 3.8) is 0 Å². The maximum Gasteiger partial charge on any atom is 0.0326 e. The van der Waals surface area contributed by atoms with Gasteiger partial charge >= 0.3 is 0 Å². The minimum absolute atomic E-state index is 0.157. The molecule has 1 N–H and O–H groups in total. The molecule has 4 heteroatoms. The summed E-state index contributed by atoms with van der Waals surface area (Å²) in [5.74, 6) is 0. The van der Waals surface area contributed by atoms with Crippen molar-refractivity contribution in [2.24, 2.45) is 4.99 Å². The number of nitrogens with one attached hydrogen (secondary N) is 1. The van der Waals surface area contributed by atoms with Gasteiger partial charge in [0.15, 0.2) is 0 Å². The molecule has 0 spiro atoms. The fraction of sp³-hybridized carbons (Fsp3) is 0.500. The standard InChI is InChI=1S/C22H34N4/c1-22(2,20-24-14-9-5-8-13-23-3)26-18-16-25(17-19-26)15-12-21-10-6-4-7-11-21/h4-11,13-14,24H,12,15-20H2,1-3H3. The third-order valence-electron chi connectivity index (χ3n) is 4.99. The Hall–Kier alpha value is -1.91. The molecule has 0 bridgehead atoms. The van der Waals surface area contributed by atoms with E-state index in [0.717, 1.165) is 45.7 Å². The zero-order valence-corrected chi connectivity index (χ0v) is 16.6. The molecule has 1 saturated heterocycles. The second-order valence-corrected chi connectivity index (χ2v) is 7.41. The Labute approximate surface area is 159 Å². The highest BCUT2D eigenvalue weighted by atomic mass is 15.3. The fourth-order valence-corrected chi connectivity index (χ4v) is 3.25. The summed E-state index contributed by atoms with van der Waals surface area (Å²) in [7, 11) is 1.77. The number of rotatable bonds is 9. The molecule has 1 heterocycles. The van der Waals surface area contributed by atoms with Gasteiger partial charge in [0.2, 0.25) is 0 Å². The summed E-state index contributed by atoms with van der Waals surface area (Å²) in [5.41, 5.74) is 1.59. The molecule has 4 nitrogen and oxygen atoms in total. The first-order valence-electron chi connectivity index (χ1n) is 9.60. The van der Waals surface area contributed by atoms with Gasteiger partial charge in [-0.2, -0.15) is 0 Å². The first-order chi connectivity index (χ1) is 12.6. The molecular weight excluding hydrogens is 320 g/mol. The molecule has 0 amide bonds. The number of nitrogens with zero attached hydrogens (tertiary/aromatic N) is 3. The zero-order valence-electron chi connectivity index (χ0n) is 16.6. The van der Waals surface area contributed by atoms with Crippen LogP contribution in [0, 0.1) is 0 Å². The predicted octanol–water partition coefficient (Wildman–Crippen LogP) is 2.99. The number of benzene rings is 1. The summed E-state index contributed by atoms with van der Waals surface area (Å²) in [6.07, 6.45) is 10.9. The maximum absolute atomic E-state index is 3.91. The largest absolute Gasteiger partial charge is 0.389 e. The van der Waals surface area contributed by atoms with Crippen LogP contribution in [0.1, 0.15) is 19.4 Å². The van der Waals surface area contributed by atoms with Gasteiger partial charge in [0.1, 0.15) is 0 Å². The summed E-state index contributed by atoms with van der Waals surface area (Å²) >= 11 is 0. The van der Waals surface area contributed by atoms with Gasteiger partial charge in [0.25, 0.3) is 0 Å². The van der Waals surface area contributed by atoms with E-state index in [-0.39, 0.29) is 5.54 Å². The van der Waals surface area contributed by atoms with Crippen LogP contribution in [0.5, 0.6) is 0 Å². The van der Waals surface area contributed by atoms with Crippen molar-refractivity contribution in [2.45, 2.75) is 25.8 Å². The maximum atomic E-state index is 3.91. The average Bonchev–Trinajstić information content (AvgIpc) is 2.67. The third kappa shape index (κ3) is 7.14. The summed E-state index contributed by atoms with van der Waals surface area (Å²) in [6.45, 7) is 11.4. The van der Waals surface area contributed by atoms with Crippen molar-refractivity contribution in [2.75, 3.05) is 46.3 Å². The van der Waals surface area contributed by atoms with Gasteiger partial charge in [-0.15, -0.1) is 0 Å².